The SMILES string of the molecule is COc1cn(-c2ccccc2)nc1C(=O)Nc1nc2c(s1)CCCC2. The Morgan fingerprint density at radius 3 is 2.80 bits per heavy atom. The summed E-state index contributed by atoms with van der Waals surface area (Å²) in [7, 11) is 1.53. The maximum Gasteiger partial charge on any atom is 0.281 e. The normalized spacial score (nSPS) is 13.3. The minimum Gasteiger partial charge on any atom is -0.493 e. The van der Waals surface area contributed by atoms with Crippen molar-refractivity contribution in [3.8, 4) is 11.4 Å². The van der Waals surface area contributed by atoms with E-state index in [1.54, 1.807) is 22.2 Å². The highest BCUT2D eigenvalue weighted by Crippen LogP contribution is 2.30. The van der Waals surface area contributed by atoms with E-state index >= 15 is 0 Å². The number of para-hydroxylation sites is 1. The third kappa shape index (κ3) is 3.15. The topological polar surface area (TPSA) is 69.0 Å². The first-order valence-electron chi connectivity index (χ1n) is 8.23. The molecule has 0 spiro atoms. The maximum absolute atomic E-state index is 12.7. The second kappa shape index (κ2) is 6.68. The lowest BCUT2D eigenvalue weighted by atomic mass is 10.0. The van der Waals surface area contributed by atoms with Gasteiger partial charge in [-0.3, -0.25) is 10.1 Å². The highest BCUT2D eigenvalue weighted by Gasteiger charge is 2.21. The third-order valence-corrected chi connectivity index (χ3v) is 5.28. The third-order valence-electron chi connectivity index (χ3n) is 4.20. The van der Waals surface area contributed by atoms with Crippen LogP contribution >= 0.6 is 11.3 Å². The number of carbonyl (C=O) groups excluding carboxylic acids is 1. The number of anilines is 1. The largest absolute Gasteiger partial charge is 0.493 e. The van der Waals surface area contributed by atoms with Crippen LogP contribution < -0.4 is 10.1 Å². The summed E-state index contributed by atoms with van der Waals surface area (Å²) in [6.45, 7) is 0. The fourth-order valence-electron chi connectivity index (χ4n) is 2.94. The minimum absolute atomic E-state index is 0.250. The number of aromatic nitrogens is 3. The van der Waals surface area contributed by atoms with Crippen molar-refractivity contribution in [3.63, 3.8) is 0 Å². The number of ether oxygens (including phenoxy) is 1. The monoisotopic (exact) mass is 354 g/mol. The van der Waals surface area contributed by atoms with E-state index < -0.39 is 0 Å². The Labute approximate surface area is 149 Å². The maximum atomic E-state index is 12.7. The number of rotatable bonds is 4. The number of fused-ring (bicyclic) bond motifs is 1. The van der Waals surface area contributed by atoms with Crippen molar-refractivity contribution in [1.29, 1.82) is 0 Å². The summed E-state index contributed by atoms with van der Waals surface area (Å²) in [5, 5.41) is 7.89. The first-order valence-corrected chi connectivity index (χ1v) is 9.05. The molecule has 0 saturated carbocycles. The number of thiazole rings is 1. The highest BCUT2D eigenvalue weighted by atomic mass is 32.1. The minimum atomic E-state index is -0.308. The van der Waals surface area contributed by atoms with Crippen molar-refractivity contribution >= 4 is 22.4 Å². The molecule has 1 amide bonds. The van der Waals surface area contributed by atoms with Crippen LogP contribution in [0.25, 0.3) is 5.69 Å². The molecule has 25 heavy (non-hydrogen) atoms. The fraction of sp³-hybridized carbons (Fsp3) is 0.278. The smallest absolute Gasteiger partial charge is 0.281 e. The molecule has 2 heterocycles. The Balaban J connectivity index is 1.59. The Kier molecular flexibility index (Phi) is 4.23. The molecule has 1 N–H and O–H groups in total. The van der Waals surface area contributed by atoms with Gasteiger partial charge in [0.15, 0.2) is 16.6 Å². The molecule has 1 aliphatic carbocycles. The van der Waals surface area contributed by atoms with E-state index in [-0.39, 0.29) is 11.6 Å². The van der Waals surface area contributed by atoms with E-state index in [4.69, 9.17) is 4.74 Å². The number of benzene rings is 1. The van der Waals surface area contributed by atoms with E-state index in [1.807, 2.05) is 30.3 Å². The molecule has 0 unspecified atom stereocenters. The molecule has 0 aliphatic heterocycles. The van der Waals surface area contributed by atoms with Crippen molar-refractivity contribution in [2.75, 3.05) is 12.4 Å². The molecule has 4 rings (SSSR count). The second-order valence-electron chi connectivity index (χ2n) is 5.88. The summed E-state index contributed by atoms with van der Waals surface area (Å²) in [6.07, 6.45) is 6.11. The molecular formula is C18H18N4O2S. The van der Waals surface area contributed by atoms with Gasteiger partial charge in [0.1, 0.15) is 0 Å². The Morgan fingerprint density at radius 1 is 1.24 bits per heavy atom. The predicted octanol–water partition coefficient (Wildman–Crippen LogP) is 3.47. The van der Waals surface area contributed by atoms with Gasteiger partial charge in [-0.15, -0.1) is 11.3 Å². The van der Waals surface area contributed by atoms with E-state index in [9.17, 15) is 4.79 Å². The van der Waals surface area contributed by atoms with Crippen molar-refractivity contribution in [3.05, 3.63) is 52.8 Å². The zero-order chi connectivity index (χ0) is 17.2. The first-order chi connectivity index (χ1) is 12.2. The number of amides is 1. The summed E-state index contributed by atoms with van der Waals surface area (Å²) < 4.78 is 6.97. The van der Waals surface area contributed by atoms with Crippen LogP contribution in [0.1, 0.15) is 33.9 Å². The van der Waals surface area contributed by atoms with Crippen LogP contribution in [0.15, 0.2) is 36.5 Å². The quantitative estimate of drug-likeness (QED) is 0.779. The number of hydrogen-bond donors (Lipinski definition) is 1. The van der Waals surface area contributed by atoms with Gasteiger partial charge in [-0.1, -0.05) is 18.2 Å². The molecule has 1 aromatic carbocycles. The molecule has 0 bridgehead atoms. The number of carbonyl (C=O) groups is 1. The van der Waals surface area contributed by atoms with Crippen molar-refractivity contribution in [2.45, 2.75) is 25.7 Å². The molecule has 0 fully saturated rings. The number of nitrogens with one attached hydrogen (secondary N) is 1. The lowest BCUT2D eigenvalue weighted by molar-refractivity contribution is 0.101. The molecule has 0 radical (unpaired) electrons. The van der Waals surface area contributed by atoms with Crippen LogP contribution in [-0.4, -0.2) is 27.8 Å². The van der Waals surface area contributed by atoms with Gasteiger partial charge in [-0.25, -0.2) is 9.67 Å². The van der Waals surface area contributed by atoms with Crippen LogP contribution in [0.5, 0.6) is 5.75 Å². The first kappa shape index (κ1) is 15.8. The molecule has 2 aromatic heterocycles. The Bertz CT molecular complexity index is 878. The molecule has 128 valence electrons. The van der Waals surface area contributed by atoms with E-state index in [0.717, 1.165) is 24.2 Å². The average molecular weight is 354 g/mol. The fourth-order valence-corrected chi connectivity index (χ4v) is 3.98. The van der Waals surface area contributed by atoms with Crippen molar-refractivity contribution in [1.82, 2.24) is 14.8 Å². The molecular weight excluding hydrogens is 336 g/mol. The number of aryl methyl sites for hydroxylation is 2. The van der Waals surface area contributed by atoms with E-state index in [0.29, 0.717) is 10.9 Å². The number of nitrogens with zero attached hydrogens (tertiary/aromatic N) is 3. The highest BCUT2D eigenvalue weighted by molar-refractivity contribution is 7.15. The molecule has 3 aromatic rings. The summed E-state index contributed by atoms with van der Waals surface area (Å²) in [5.41, 5.74) is 2.23. The van der Waals surface area contributed by atoms with Gasteiger partial charge in [-0.2, -0.15) is 5.10 Å². The van der Waals surface area contributed by atoms with Gasteiger partial charge >= 0.3 is 0 Å². The molecule has 0 saturated heterocycles. The Morgan fingerprint density at radius 2 is 2.04 bits per heavy atom. The standard InChI is InChI=1S/C18H18N4O2S/c1-24-14-11-22(12-7-3-2-4-8-12)21-16(14)17(23)20-18-19-13-9-5-6-10-15(13)25-18/h2-4,7-8,11H,5-6,9-10H2,1H3,(H,19,20,23). The van der Waals surface area contributed by atoms with Crippen LogP contribution in [-0.2, 0) is 12.8 Å². The van der Waals surface area contributed by atoms with Crippen molar-refractivity contribution < 1.29 is 9.53 Å². The molecule has 1 aliphatic rings. The number of methoxy groups -OCH3 is 1. The lowest BCUT2D eigenvalue weighted by Crippen LogP contribution is -2.14. The van der Waals surface area contributed by atoms with Gasteiger partial charge in [0, 0.05) is 4.88 Å². The van der Waals surface area contributed by atoms with Crippen LogP contribution in [0.4, 0.5) is 5.13 Å². The van der Waals surface area contributed by atoms with Crippen molar-refractivity contribution in [2.24, 2.45) is 0 Å². The van der Waals surface area contributed by atoms with Gasteiger partial charge in [0.05, 0.1) is 24.7 Å². The zero-order valence-electron chi connectivity index (χ0n) is 13.9. The van der Waals surface area contributed by atoms with Crippen LogP contribution in [0.2, 0.25) is 0 Å². The van der Waals surface area contributed by atoms with Crippen LogP contribution in [0.3, 0.4) is 0 Å². The van der Waals surface area contributed by atoms with Gasteiger partial charge in [0.2, 0.25) is 0 Å². The van der Waals surface area contributed by atoms with E-state index in [1.165, 1.54) is 24.8 Å². The number of hydrogen-bond acceptors (Lipinski definition) is 5. The summed E-state index contributed by atoms with van der Waals surface area (Å²) >= 11 is 1.56. The Hall–Kier alpha value is -2.67. The van der Waals surface area contributed by atoms with Gasteiger partial charge < -0.3 is 4.74 Å². The lowest BCUT2D eigenvalue weighted by Gasteiger charge is -2.06. The predicted molar refractivity (Wildman–Crippen MR) is 96.8 cm³/mol. The second-order valence-corrected chi connectivity index (χ2v) is 6.96. The average Bonchev–Trinajstić information content (AvgIpc) is 3.25. The summed E-state index contributed by atoms with van der Waals surface area (Å²) in [6, 6.07) is 9.61. The molecule has 0 atom stereocenters. The summed E-state index contributed by atoms with van der Waals surface area (Å²) in [5.74, 6) is 0.125. The van der Waals surface area contributed by atoms with Gasteiger partial charge in [-0.05, 0) is 37.8 Å². The zero-order valence-corrected chi connectivity index (χ0v) is 14.7. The molecule has 7 heteroatoms. The van der Waals surface area contributed by atoms with Crippen LogP contribution in [0, 0.1) is 0 Å². The van der Waals surface area contributed by atoms with E-state index in [2.05, 4.69) is 15.4 Å². The summed E-state index contributed by atoms with van der Waals surface area (Å²) in [4.78, 5) is 18.5. The van der Waals surface area contributed by atoms with Gasteiger partial charge in [0.25, 0.3) is 5.91 Å². The molecule has 6 nitrogen and oxygen atoms in total.